The van der Waals surface area contributed by atoms with Crippen LogP contribution in [0.2, 0.25) is 5.02 Å². The molecular formula is C35H37ClFN3O7S. The minimum atomic E-state index is -4.55. The van der Waals surface area contributed by atoms with Gasteiger partial charge in [0.25, 0.3) is 10.0 Å². The first kappa shape index (κ1) is 36.0. The van der Waals surface area contributed by atoms with Crippen molar-refractivity contribution in [3.63, 3.8) is 0 Å². The summed E-state index contributed by atoms with van der Waals surface area (Å²) < 4.78 is 61.0. The monoisotopic (exact) mass is 697 g/mol. The molecular weight excluding hydrogens is 661 g/mol. The number of rotatable bonds is 15. The Balaban J connectivity index is 1.88. The first-order chi connectivity index (χ1) is 23.0. The van der Waals surface area contributed by atoms with Crippen molar-refractivity contribution in [1.29, 1.82) is 0 Å². The molecule has 0 aliphatic heterocycles. The number of sulfonamides is 1. The Morgan fingerprint density at radius 2 is 1.50 bits per heavy atom. The molecule has 0 spiro atoms. The lowest BCUT2D eigenvalue weighted by Crippen LogP contribution is -2.53. The van der Waals surface area contributed by atoms with E-state index in [1.807, 2.05) is 18.2 Å². The van der Waals surface area contributed by atoms with Gasteiger partial charge in [-0.25, -0.2) is 12.8 Å². The number of halogens is 2. The van der Waals surface area contributed by atoms with Crippen molar-refractivity contribution in [1.82, 2.24) is 10.2 Å². The zero-order valence-electron chi connectivity index (χ0n) is 27.0. The number of amides is 2. The molecule has 1 N–H and O–H groups in total. The molecule has 0 saturated heterocycles. The van der Waals surface area contributed by atoms with Crippen LogP contribution in [0.3, 0.4) is 0 Å². The smallest absolute Gasteiger partial charge is 0.265 e. The topological polar surface area (TPSA) is 114 Å². The van der Waals surface area contributed by atoms with Gasteiger partial charge in [-0.2, -0.15) is 0 Å². The molecule has 0 radical (unpaired) electrons. The van der Waals surface area contributed by atoms with Crippen LogP contribution in [0.15, 0.2) is 95.9 Å². The van der Waals surface area contributed by atoms with E-state index < -0.39 is 40.2 Å². The summed E-state index contributed by atoms with van der Waals surface area (Å²) in [5, 5.41) is 2.95. The molecule has 0 fully saturated rings. The fourth-order valence-corrected chi connectivity index (χ4v) is 6.73. The van der Waals surface area contributed by atoms with E-state index in [1.54, 1.807) is 25.1 Å². The maximum Gasteiger partial charge on any atom is 0.265 e. The number of benzene rings is 4. The van der Waals surface area contributed by atoms with Crippen LogP contribution in [0.5, 0.6) is 17.2 Å². The minimum absolute atomic E-state index is 0.0309. The van der Waals surface area contributed by atoms with Crippen molar-refractivity contribution in [2.24, 2.45) is 0 Å². The van der Waals surface area contributed by atoms with Gasteiger partial charge in [0.1, 0.15) is 24.2 Å². The van der Waals surface area contributed by atoms with Crippen LogP contribution in [0, 0.1) is 5.82 Å². The van der Waals surface area contributed by atoms with Gasteiger partial charge < -0.3 is 24.4 Å². The van der Waals surface area contributed by atoms with Gasteiger partial charge in [0, 0.05) is 36.2 Å². The summed E-state index contributed by atoms with van der Waals surface area (Å²) in [5.41, 5.74) is 0.853. The lowest BCUT2D eigenvalue weighted by atomic mass is 10.0. The van der Waals surface area contributed by atoms with Gasteiger partial charge in [-0.3, -0.25) is 13.9 Å². The normalized spacial score (nSPS) is 11.7. The average Bonchev–Trinajstić information content (AvgIpc) is 3.09. The van der Waals surface area contributed by atoms with Crippen LogP contribution >= 0.6 is 11.6 Å². The van der Waals surface area contributed by atoms with Crippen LogP contribution in [-0.2, 0) is 32.6 Å². The molecule has 0 heterocycles. The summed E-state index contributed by atoms with van der Waals surface area (Å²) in [6.45, 7) is 0.887. The molecule has 0 aromatic heterocycles. The van der Waals surface area contributed by atoms with Gasteiger partial charge in [0.2, 0.25) is 11.8 Å². The van der Waals surface area contributed by atoms with E-state index in [0.29, 0.717) is 5.75 Å². The Labute approximate surface area is 285 Å². The van der Waals surface area contributed by atoms with E-state index in [9.17, 15) is 18.0 Å². The van der Waals surface area contributed by atoms with Gasteiger partial charge in [-0.15, -0.1) is 0 Å². The number of hydrogen-bond donors (Lipinski definition) is 1. The number of ether oxygens (including phenoxy) is 3. The maximum absolute atomic E-state index is 15.1. The zero-order valence-corrected chi connectivity index (χ0v) is 28.6. The number of likely N-dealkylation sites (N-methyl/N-ethyl adjacent to an activating group) is 1. The average molecular weight is 698 g/mol. The molecule has 0 aliphatic rings. The SMILES string of the molecule is CCNC(=O)[C@H](Cc1ccccc1)N(Cc1ccccc1F)C(=O)CN(c1cc(Cl)ccc1OC)S(=O)(=O)c1ccc(OC)c(OC)c1. The van der Waals surface area contributed by atoms with Crippen LogP contribution in [-0.4, -0.2) is 65.6 Å². The molecule has 2 amide bonds. The first-order valence-electron chi connectivity index (χ1n) is 15.0. The van der Waals surface area contributed by atoms with E-state index in [4.69, 9.17) is 25.8 Å². The Hall–Kier alpha value is -4.81. The third-order valence-electron chi connectivity index (χ3n) is 7.55. The third kappa shape index (κ3) is 8.36. The van der Waals surface area contributed by atoms with Crippen LogP contribution in [0.25, 0.3) is 0 Å². The largest absolute Gasteiger partial charge is 0.495 e. The molecule has 10 nitrogen and oxygen atoms in total. The summed E-state index contributed by atoms with van der Waals surface area (Å²) in [7, 11) is -0.416. The van der Waals surface area contributed by atoms with E-state index in [0.717, 1.165) is 9.87 Å². The Kier molecular flexibility index (Phi) is 12.3. The first-order valence-corrected chi connectivity index (χ1v) is 16.8. The molecule has 48 heavy (non-hydrogen) atoms. The summed E-state index contributed by atoms with van der Waals surface area (Å²) in [4.78, 5) is 29.2. The van der Waals surface area contributed by atoms with Crippen molar-refractivity contribution in [2.45, 2.75) is 30.8 Å². The van der Waals surface area contributed by atoms with Crippen molar-refractivity contribution in [3.8, 4) is 17.2 Å². The molecule has 4 aromatic rings. The highest BCUT2D eigenvalue weighted by atomic mass is 35.5. The number of methoxy groups -OCH3 is 3. The summed E-state index contributed by atoms with van der Waals surface area (Å²) in [6.07, 6.45) is 0.0791. The van der Waals surface area contributed by atoms with Gasteiger partial charge in [0.05, 0.1) is 31.9 Å². The molecule has 4 aromatic carbocycles. The second-order valence-corrected chi connectivity index (χ2v) is 12.9. The van der Waals surface area contributed by atoms with Crippen molar-refractivity contribution < 1.29 is 36.6 Å². The zero-order chi connectivity index (χ0) is 34.8. The predicted molar refractivity (Wildman–Crippen MR) is 182 cm³/mol. The van der Waals surface area contributed by atoms with Gasteiger partial charge in [-0.05, 0) is 48.9 Å². The van der Waals surface area contributed by atoms with Crippen molar-refractivity contribution in [3.05, 3.63) is 113 Å². The molecule has 0 bridgehead atoms. The molecule has 0 saturated carbocycles. The Morgan fingerprint density at radius 3 is 2.15 bits per heavy atom. The Bertz CT molecular complexity index is 1840. The fourth-order valence-electron chi connectivity index (χ4n) is 5.13. The van der Waals surface area contributed by atoms with Crippen LogP contribution in [0.1, 0.15) is 18.1 Å². The summed E-state index contributed by atoms with van der Waals surface area (Å²) >= 11 is 6.34. The second kappa shape index (κ2) is 16.3. The molecule has 0 unspecified atom stereocenters. The minimum Gasteiger partial charge on any atom is -0.495 e. The Morgan fingerprint density at radius 1 is 0.854 bits per heavy atom. The maximum atomic E-state index is 15.1. The lowest BCUT2D eigenvalue weighted by molar-refractivity contribution is -0.140. The highest BCUT2D eigenvalue weighted by molar-refractivity contribution is 7.92. The third-order valence-corrected chi connectivity index (χ3v) is 9.54. The van der Waals surface area contributed by atoms with Crippen LogP contribution in [0.4, 0.5) is 10.1 Å². The van der Waals surface area contributed by atoms with Crippen molar-refractivity contribution >= 4 is 39.1 Å². The highest BCUT2D eigenvalue weighted by Crippen LogP contribution is 2.37. The number of nitrogens with one attached hydrogen (secondary N) is 1. The molecule has 1 atom stereocenters. The van der Waals surface area contributed by atoms with Crippen molar-refractivity contribution in [2.75, 3.05) is 38.7 Å². The molecule has 13 heteroatoms. The van der Waals surface area contributed by atoms with E-state index in [2.05, 4.69) is 5.32 Å². The van der Waals surface area contributed by atoms with E-state index >= 15 is 4.39 Å². The summed E-state index contributed by atoms with van der Waals surface area (Å²) in [5.74, 6) is -1.31. The highest BCUT2D eigenvalue weighted by Gasteiger charge is 2.36. The quantitative estimate of drug-likeness (QED) is 0.175. The number of anilines is 1. The standard InChI is InChI=1S/C35H37ClFN3O7S/c1-5-38-35(42)30(19-24-11-7-6-8-12-24)39(22-25-13-9-10-14-28(25)37)34(41)23-40(29-20-26(36)15-17-31(29)45-2)48(43,44)27-16-18-32(46-3)33(21-27)47-4/h6-18,20-21,30H,5,19,22-23H2,1-4H3,(H,38,42)/t30-/m0/s1. The number of nitrogens with zero attached hydrogens (tertiary/aromatic N) is 2. The van der Waals surface area contributed by atoms with Crippen LogP contribution < -0.4 is 23.8 Å². The van der Waals surface area contributed by atoms with Gasteiger partial charge >= 0.3 is 0 Å². The van der Waals surface area contributed by atoms with Gasteiger partial charge in [-0.1, -0.05) is 60.1 Å². The number of carbonyl (C=O) groups excluding carboxylic acids is 2. The second-order valence-electron chi connectivity index (χ2n) is 10.6. The molecule has 4 rings (SSSR count). The van der Waals surface area contributed by atoms with Gasteiger partial charge in [0.15, 0.2) is 11.5 Å². The molecule has 0 aliphatic carbocycles. The van der Waals surface area contributed by atoms with E-state index in [-0.39, 0.29) is 52.2 Å². The fraction of sp³-hybridized carbons (Fsp3) is 0.257. The van der Waals surface area contributed by atoms with E-state index in [1.165, 1.54) is 80.8 Å². The number of hydrogen-bond acceptors (Lipinski definition) is 7. The molecule has 254 valence electrons. The summed E-state index contributed by atoms with van der Waals surface area (Å²) in [6, 6.07) is 22.2. The lowest BCUT2D eigenvalue weighted by Gasteiger charge is -2.34. The predicted octanol–water partition coefficient (Wildman–Crippen LogP) is 5.48. The number of carbonyl (C=O) groups is 2.